The SMILES string of the molecule is N[C@H](CCC(=O)N[C@@H](CC(=O)O)c1ccccc1)C(=O)O. The highest BCUT2D eigenvalue weighted by atomic mass is 16.4. The van der Waals surface area contributed by atoms with Gasteiger partial charge in [-0.2, -0.15) is 0 Å². The molecular weight excluding hydrogens is 276 g/mol. The molecule has 7 heteroatoms. The first-order valence-corrected chi connectivity index (χ1v) is 6.44. The highest BCUT2D eigenvalue weighted by Gasteiger charge is 2.19. The summed E-state index contributed by atoms with van der Waals surface area (Å²) in [5, 5.41) is 20.1. The summed E-state index contributed by atoms with van der Waals surface area (Å²) >= 11 is 0. The van der Waals surface area contributed by atoms with E-state index in [0.717, 1.165) is 0 Å². The van der Waals surface area contributed by atoms with Crippen LogP contribution in [0.25, 0.3) is 0 Å². The Morgan fingerprint density at radius 3 is 2.29 bits per heavy atom. The second-order valence-corrected chi connectivity index (χ2v) is 4.61. The van der Waals surface area contributed by atoms with Gasteiger partial charge in [-0.3, -0.25) is 14.4 Å². The van der Waals surface area contributed by atoms with E-state index in [-0.39, 0.29) is 19.3 Å². The molecule has 0 saturated carbocycles. The molecule has 0 heterocycles. The maximum absolute atomic E-state index is 11.8. The van der Waals surface area contributed by atoms with Crippen molar-refractivity contribution in [3.8, 4) is 0 Å². The Morgan fingerprint density at radius 1 is 1.14 bits per heavy atom. The van der Waals surface area contributed by atoms with Gasteiger partial charge in [-0.15, -0.1) is 0 Å². The van der Waals surface area contributed by atoms with E-state index in [0.29, 0.717) is 5.56 Å². The van der Waals surface area contributed by atoms with E-state index in [1.807, 2.05) is 0 Å². The molecular formula is C14H18N2O5. The van der Waals surface area contributed by atoms with Crippen LogP contribution in [0.2, 0.25) is 0 Å². The molecule has 0 spiro atoms. The fourth-order valence-corrected chi connectivity index (χ4v) is 1.79. The van der Waals surface area contributed by atoms with E-state index in [2.05, 4.69) is 5.32 Å². The predicted octanol–water partition coefficient (Wildman–Crippen LogP) is 0.511. The third-order valence-corrected chi connectivity index (χ3v) is 2.92. The first-order valence-electron chi connectivity index (χ1n) is 6.44. The molecule has 7 nitrogen and oxygen atoms in total. The topological polar surface area (TPSA) is 130 Å². The van der Waals surface area contributed by atoms with Gasteiger partial charge < -0.3 is 21.3 Å². The van der Waals surface area contributed by atoms with Gasteiger partial charge in [-0.1, -0.05) is 30.3 Å². The summed E-state index contributed by atoms with van der Waals surface area (Å²) < 4.78 is 0. The number of hydrogen-bond acceptors (Lipinski definition) is 4. The second-order valence-electron chi connectivity index (χ2n) is 4.61. The fraction of sp³-hybridized carbons (Fsp3) is 0.357. The highest BCUT2D eigenvalue weighted by molar-refractivity contribution is 5.79. The van der Waals surface area contributed by atoms with Crippen molar-refractivity contribution in [2.45, 2.75) is 31.3 Å². The van der Waals surface area contributed by atoms with Crippen LogP contribution in [0.4, 0.5) is 0 Å². The lowest BCUT2D eigenvalue weighted by atomic mass is 10.0. The van der Waals surface area contributed by atoms with E-state index in [9.17, 15) is 14.4 Å². The average molecular weight is 294 g/mol. The smallest absolute Gasteiger partial charge is 0.320 e. The zero-order chi connectivity index (χ0) is 15.8. The standard InChI is InChI=1S/C14H18N2O5/c15-10(14(20)21)6-7-12(17)16-11(8-13(18)19)9-4-2-1-3-5-9/h1-5,10-11H,6-8,15H2,(H,16,17)(H,18,19)(H,20,21)/t10-,11+/m1/s1. The molecule has 1 amide bonds. The minimum Gasteiger partial charge on any atom is -0.481 e. The third kappa shape index (κ3) is 6.05. The van der Waals surface area contributed by atoms with Crippen molar-refractivity contribution < 1.29 is 24.6 Å². The first-order chi connectivity index (χ1) is 9.90. The number of aliphatic carboxylic acids is 2. The Morgan fingerprint density at radius 2 is 1.76 bits per heavy atom. The van der Waals surface area contributed by atoms with Gasteiger partial charge >= 0.3 is 11.9 Å². The van der Waals surface area contributed by atoms with E-state index in [4.69, 9.17) is 15.9 Å². The molecule has 0 unspecified atom stereocenters. The molecule has 0 aliphatic rings. The second kappa shape index (κ2) is 8.01. The van der Waals surface area contributed by atoms with Crippen LogP contribution in [-0.4, -0.2) is 34.1 Å². The van der Waals surface area contributed by atoms with Gasteiger partial charge in [0.2, 0.25) is 5.91 Å². The van der Waals surface area contributed by atoms with Crippen LogP contribution in [0.1, 0.15) is 30.9 Å². The summed E-state index contributed by atoms with van der Waals surface area (Å²) in [6.45, 7) is 0. The van der Waals surface area contributed by atoms with Crippen LogP contribution in [0.15, 0.2) is 30.3 Å². The summed E-state index contributed by atoms with van der Waals surface area (Å²) in [5.41, 5.74) is 5.99. The molecule has 1 aromatic rings. The monoisotopic (exact) mass is 294 g/mol. The number of carbonyl (C=O) groups excluding carboxylic acids is 1. The number of nitrogens with two attached hydrogens (primary N) is 1. The average Bonchev–Trinajstić information content (AvgIpc) is 2.44. The molecule has 1 aromatic carbocycles. The van der Waals surface area contributed by atoms with Crippen molar-refractivity contribution in [3.05, 3.63) is 35.9 Å². The number of hydrogen-bond donors (Lipinski definition) is 4. The molecule has 21 heavy (non-hydrogen) atoms. The number of carboxylic acid groups (broad SMARTS) is 2. The number of nitrogens with one attached hydrogen (secondary N) is 1. The van der Waals surface area contributed by atoms with Crippen molar-refractivity contribution in [1.82, 2.24) is 5.32 Å². The predicted molar refractivity (Wildman–Crippen MR) is 74.4 cm³/mol. The van der Waals surface area contributed by atoms with Crippen molar-refractivity contribution in [3.63, 3.8) is 0 Å². The van der Waals surface area contributed by atoms with Crippen molar-refractivity contribution in [1.29, 1.82) is 0 Å². The van der Waals surface area contributed by atoms with E-state index in [1.165, 1.54) is 0 Å². The summed E-state index contributed by atoms with van der Waals surface area (Å²) in [4.78, 5) is 33.2. The van der Waals surface area contributed by atoms with Crippen molar-refractivity contribution in [2.24, 2.45) is 5.73 Å². The summed E-state index contributed by atoms with van der Waals surface area (Å²) in [7, 11) is 0. The third-order valence-electron chi connectivity index (χ3n) is 2.92. The summed E-state index contributed by atoms with van der Waals surface area (Å²) in [5.74, 6) is -2.64. The Balaban J connectivity index is 2.63. The maximum atomic E-state index is 11.8. The molecule has 0 fully saturated rings. The zero-order valence-electron chi connectivity index (χ0n) is 11.4. The van der Waals surface area contributed by atoms with E-state index < -0.39 is 29.9 Å². The number of benzene rings is 1. The first kappa shape index (κ1) is 16.6. The normalized spacial score (nSPS) is 13.2. The Kier molecular flexibility index (Phi) is 6.35. The molecule has 0 radical (unpaired) electrons. The van der Waals surface area contributed by atoms with Gasteiger partial charge in [0.05, 0.1) is 12.5 Å². The fourth-order valence-electron chi connectivity index (χ4n) is 1.79. The van der Waals surface area contributed by atoms with Gasteiger partial charge in [-0.25, -0.2) is 0 Å². The van der Waals surface area contributed by atoms with Crippen molar-refractivity contribution in [2.75, 3.05) is 0 Å². The lowest BCUT2D eigenvalue weighted by molar-refractivity contribution is -0.139. The van der Waals surface area contributed by atoms with Gasteiger partial charge in [0.1, 0.15) is 6.04 Å². The van der Waals surface area contributed by atoms with Gasteiger partial charge in [-0.05, 0) is 12.0 Å². The van der Waals surface area contributed by atoms with Crippen LogP contribution in [-0.2, 0) is 14.4 Å². The van der Waals surface area contributed by atoms with Gasteiger partial charge in [0.15, 0.2) is 0 Å². The number of carboxylic acids is 2. The van der Waals surface area contributed by atoms with Crippen molar-refractivity contribution >= 4 is 17.8 Å². The molecule has 2 atom stereocenters. The number of carbonyl (C=O) groups is 3. The lowest BCUT2D eigenvalue weighted by Gasteiger charge is -2.17. The van der Waals surface area contributed by atoms with Gasteiger partial charge in [0.25, 0.3) is 0 Å². The lowest BCUT2D eigenvalue weighted by Crippen LogP contribution is -2.34. The molecule has 114 valence electrons. The van der Waals surface area contributed by atoms with E-state index in [1.54, 1.807) is 30.3 Å². The van der Waals surface area contributed by atoms with Gasteiger partial charge in [0, 0.05) is 6.42 Å². The van der Waals surface area contributed by atoms with Crippen LogP contribution in [0, 0.1) is 0 Å². The molecule has 0 aliphatic heterocycles. The van der Waals surface area contributed by atoms with Crippen LogP contribution >= 0.6 is 0 Å². The summed E-state index contributed by atoms with van der Waals surface area (Å²) in [6.07, 6.45) is -0.326. The maximum Gasteiger partial charge on any atom is 0.320 e. The number of amides is 1. The molecule has 0 bridgehead atoms. The van der Waals surface area contributed by atoms with E-state index >= 15 is 0 Å². The molecule has 0 aromatic heterocycles. The Labute approximate surface area is 121 Å². The van der Waals surface area contributed by atoms with Crippen LogP contribution in [0.3, 0.4) is 0 Å². The zero-order valence-corrected chi connectivity index (χ0v) is 11.4. The minimum absolute atomic E-state index is 0.00422. The molecule has 5 N–H and O–H groups in total. The quantitative estimate of drug-likeness (QED) is 0.552. The largest absolute Gasteiger partial charge is 0.481 e. The summed E-state index contributed by atoms with van der Waals surface area (Å²) in [6, 6.07) is 6.96. The molecule has 0 saturated heterocycles. The number of rotatable bonds is 8. The molecule has 1 rings (SSSR count). The molecule has 0 aliphatic carbocycles. The van der Waals surface area contributed by atoms with Crippen LogP contribution < -0.4 is 11.1 Å². The Bertz CT molecular complexity index is 503. The van der Waals surface area contributed by atoms with Crippen LogP contribution in [0.5, 0.6) is 0 Å². The minimum atomic E-state index is -1.17. The highest BCUT2D eigenvalue weighted by Crippen LogP contribution is 2.16. The Hall–Kier alpha value is -2.41.